The van der Waals surface area contributed by atoms with Crippen LogP contribution in [0.2, 0.25) is 0 Å². The molecular formula is C25H48N2O5. The minimum atomic E-state index is -0.00124. The number of hydrogen-bond donors (Lipinski definition) is 2. The molecule has 7 nitrogen and oxygen atoms in total. The van der Waals surface area contributed by atoms with E-state index in [9.17, 15) is 14.4 Å². The van der Waals surface area contributed by atoms with E-state index in [2.05, 4.69) is 24.5 Å². The monoisotopic (exact) mass is 456 g/mol. The second kappa shape index (κ2) is 19.0. The lowest BCUT2D eigenvalue weighted by molar-refractivity contribution is -0.127. The number of amides is 2. The van der Waals surface area contributed by atoms with Crippen molar-refractivity contribution < 1.29 is 23.9 Å². The normalized spacial score (nSPS) is 18.1. The van der Waals surface area contributed by atoms with Gasteiger partial charge in [-0.2, -0.15) is 0 Å². The van der Waals surface area contributed by atoms with E-state index in [1.54, 1.807) is 0 Å². The molecule has 0 aromatic heterocycles. The first-order valence-corrected chi connectivity index (χ1v) is 12.5. The summed E-state index contributed by atoms with van der Waals surface area (Å²) in [6.07, 6.45) is 5.27. The molecule has 0 aromatic carbocycles. The summed E-state index contributed by atoms with van der Waals surface area (Å²) >= 11 is 0. The minimum absolute atomic E-state index is 0.00124. The topological polar surface area (TPSA) is 93.7 Å². The average Bonchev–Trinajstić information content (AvgIpc) is 2.77. The van der Waals surface area contributed by atoms with Crippen LogP contribution in [0.25, 0.3) is 0 Å². The van der Waals surface area contributed by atoms with Crippen molar-refractivity contribution in [3.05, 3.63) is 0 Å². The number of ether oxygens (including phenoxy) is 2. The Balaban J connectivity index is 0.00000466. The Morgan fingerprint density at radius 1 is 0.812 bits per heavy atom. The first-order valence-electron chi connectivity index (χ1n) is 12.5. The summed E-state index contributed by atoms with van der Waals surface area (Å²) in [5, 5.41) is 5.88. The lowest BCUT2D eigenvalue weighted by atomic mass is 9.80. The van der Waals surface area contributed by atoms with Gasteiger partial charge in [0.25, 0.3) is 0 Å². The third kappa shape index (κ3) is 15.4. The molecule has 1 rings (SSSR count). The van der Waals surface area contributed by atoms with Crippen molar-refractivity contribution in [1.82, 2.24) is 10.6 Å². The van der Waals surface area contributed by atoms with Crippen LogP contribution in [0.4, 0.5) is 0 Å². The lowest BCUT2D eigenvalue weighted by Gasteiger charge is -2.29. The van der Waals surface area contributed by atoms with Gasteiger partial charge in [0.15, 0.2) is 0 Å². The van der Waals surface area contributed by atoms with Gasteiger partial charge >= 0.3 is 0 Å². The summed E-state index contributed by atoms with van der Waals surface area (Å²) in [7, 11) is 0. The van der Waals surface area contributed by atoms with Gasteiger partial charge in [-0.3, -0.25) is 14.4 Å². The molecule has 0 aliphatic heterocycles. The van der Waals surface area contributed by atoms with Gasteiger partial charge in [-0.15, -0.1) is 0 Å². The predicted octanol–water partition coefficient (Wildman–Crippen LogP) is 3.89. The van der Waals surface area contributed by atoms with E-state index in [1.807, 2.05) is 27.7 Å². The smallest absolute Gasteiger partial charge is 0.222 e. The molecule has 32 heavy (non-hydrogen) atoms. The average molecular weight is 457 g/mol. The summed E-state index contributed by atoms with van der Waals surface area (Å²) < 4.78 is 10.9. The number of ketones is 1. The molecule has 0 unspecified atom stereocenters. The fraction of sp³-hybridized carbons (Fsp3) is 0.880. The highest BCUT2D eigenvalue weighted by molar-refractivity contribution is 5.83. The maximum atomic E-state index is 12.1. The van der Waals surface area contributed by atoms with Crippen LogP contribution in [-0.4, -0.2) is 56.6 Å². The van der Waals surface area contributed by atoms with Gasteiger partial charge in [0.2, 0.25) is 11.8 Å². The van der Waals surface area contributed by atoms with Crippen molar-refractivity contribution >= 4 is 17.6 Å². The van der Waals surface area contributed by atoms with Crippen molar-refractivity contribution in [1.29, 1.82) is 0 Å². The van der Waals surface area contributed by atoms with Crippen LogP contribution in [0.3, 0.4) is 0 Å². The zero-order chi connectivity index (χ0) is 24.4. The molecule has 1 aliphatic rings. The zero-order valence-electron chi connectivity index (χ0n) is 21.3. The third-order valence-corrected chi connectivity index (χ3v) is 5.43. The molecule has 0 atom stereocenters. The van der Waals surface area contributed by atoms with Crippen LogP contribution >= 0.6 is 0 Å². The highest BCUT2D eigenvalue weighted by atomic mass is 16.5. The summed E-state index contributed by atoms with van der Waals surface area (Å²) in [4.78, 5) is 35.7. The number of carbonyl (C=O) groups excluding carboxylic acids is 3. The first-order chi connectivity index (χ1) is 15.3. The first kappa shape index (κ1) is 30.5. The van der Waals surface area contributed by atoms with Crippen LogP contribution in [0.5, 0.6) is 0 Å². The molecular weight excluding hydrogens is 408 g/mol. The van der Waals surface area contributed by atoms with Crippen molar-refractivity contribution in [2.24, 2.45) is 17.8 Å². The number of nitrogens with one attached hydrogen (secondary N) is 2. The molecule has 1 fully saturated rings. The highest BCUT2D eigenvalue weighted by Gasteiger charge is 2.28. The van der Waals surface area contributed by atoms with E-state index in [4.69, 9.17) is 9.47 Å². The predicted molar refractivity (Wildman–Crippen MR) is 128 cm³/mol. The van der Waals surface area contributed by atoms with Gasteiger partial charge in [0, 0.05) is 37.3 Å². The largest absolute Gasteiger partial charge is 0.379 e. The second-order valence-corrected chi connectivity index (χ2v) is 8.93. The number of rotatable bonds is 15. The molecule has 1 aliphatic carbocycles. The molecule has 0 spiro atoms. The molecule has 2 amide bonds. The van der Waals surface area contributed by atoms with Gasteiger partial charge in [0.1, 0.15) is 5.78 Å². The molecule has 0 radical (unpaired) electrons. The highest BCUT2D eigenvalue weighted by Crippen LogP contribution is 2.27. The standard InChI is InChI=1S/C23H42N2O5.C2H6/c1-17(2)5-10-21(26)24-12-14-30-16-15-29-13-11-22(27)25-20-8-6-19(7-9-20)23(28)18(3)4;1-2/h17-20H,5-16H2,1-4H3,(H,24,26)(H,25,27);1-2H3. The molecule has 0 aromatic rings. The number of hydrogen-bond acceptors (Lipinski definition) is 5. The van der Waals surface area contributed by atoms with E-state index in [0.717, 1.165) is 32.1 Å². The second-order valence-electron chi connectivity index (χ2n) is 8.93. The number of Topliss-reactive ketones (excluding diaryl/α,β-unsaturated/α-hetero) is 1. The summed E-state index contributed by atoms with van der Waals surface area (Å²) in [6, 6.07) is 0.174. The third-order valence-electron chi connectivity index (χ3n) is 5.43. The maximum Gasteiger partial charge on any atom is 0.222 e. The molecule has 7 heteroatoms. The molecule has 2 N–H and O–H groups in total. The van der Waals surface area contributed by atoms with Crippen molar-refractivity contribution in [3.8, 4) is 0 Å². The Hall–Kier alpha value is -1.47. The Kier molecular flexibility index (Phi) is 18.2. The van der Waals surface area contributed by atoms with Crippen LogP contribution in [0, 0.1) is 17.8 Å². The van der Waals surface area contributed by atoms with Crippen LogP contribution in [-0.2, 0) is 23.9 Å². The molecule has 0 bridgehead atoms. The van der Waals surface area contributed by atoms with Crippen LogP contribution < -0.4 is 10.6 Å². The maximum absolute atomic E-state index is 12.1. The van der Waals surface area contributed by atoms with Gasteiger partial charge in [-0.1, -0.05) is 41.5 Å². The van der Waals surface area contributed by atoms with Crippen LogP contribution in [0.15, 0.2) is 0 Å². The van der Waals surface area contributed by atoms with Crippen molar-refractivity contribution in [2.45, 2.75) is 92.5 Å². The minimum Gasteiger partial charge on any atom is -0.379 e. The molecule has 0 saturated heterocycles. The van der Waals surface area contributed by atoms with Crippen LogP contribution in [0.1, 0.15) is 86.5 Å². The zero-order valence-corrected chi connectivity index (χ0v) is 21.3. The van der Waals surface area contributed by atoms with Gasteiger partial charge < -0.3 is 20.1 Å². The fourth-order valence-electron chi connectivity index (χ4n) is 3.55. The lowest BCUT2D eigenvalue weighted by Crippen LogP contribution is -2.39. The van der Waals surface area contributed by atoms with E-state index in [0.29, 0.717) is 57.5 Å². The molecule has 0 heterocycles. The van der Waals surface area contributed by atoms with E-state index in [1.165, 1.54) is 0 Å². The van der Waals surface area contributed by atoms with Crippen molar-refractivity contribution in [3.63, 3.8) is 0 Å². The fourth-order valence-corrected chi connectivity index (χ4v) is 3.55. The molecule has 188 valence electrons. The van der Waals surface area contributed by atoms with E-state index in [-0.39, 0.29) is 29.7 Å². The van der Waals surface area contributed by atoms with Gasteiger partial charge in [0.05, 0.1) is 26.4 Å². The van der Waals surface area contributed by atoms with E-state index >= 15 is 0 Å². The number of carbonyl (C=O) groups is 3. The summed E-state index contributed by atoms with van der Waals surface area (Å²) in [5.41, 5.74) is 0. The Labute approximate surface area is 195 Å². The Bertz CT molecular complexity index is 514. The van der Waals surface area contributed by atoms with Crippen molar-refractivity contribution in [2.75, 3.05) is 33.0 Å². The summed E-state index contributed by atoms with van der Waals surface area (Å²) in [6.45, 7) is 14.3. The van der Waals surface area contributed by atoms with Gasteiger partial charge in [-0.05, 0) is 38.0 Å². The molecule has 1 saturated carbocycles. The Morgan fingerprint density at radius 2 is 1.41 bits per heavy atom. The SMILES string of the molecule is CC.CC(C)CCC(=O)NCCOCCOCCC(=O)NC1CCC(C(=O)C(C)C)CC1. The van der Waals surface area contributed by atoms with Gasteiger partial charge in [-0.25, -0.2) is 0 Å². The quantitative estimate of drug-likeness (QED) is 0.365. The van der Waals surface area contributed by atoms with E-state index < -0.39 is 0 Å². The Morgan fingerprint density at radius 3 is 1.97 bits per heavy atom. The summed E-state index contributed by atoms with van der Waals surface area (Å²) in [5.74, 6) is 1.20.